The first-order valence-corrected chi connectivity index (χ1v) is 8.14. The molecule has 1 fully saturated rings. The van der Waals surface area contributed by atoms with Crippen molar-refractivity contribution < 1.29 is 10.5 Å². The molecule has 0 saturated carbocycles. The summed E-state index contributed by atoms with van der Waals surface area (Å²) in [6.07, 6.45) is 0. The zero-order valence-electron chi connectivity index (χ0n) is 11.9. The van der Waals surface area contributed by atoms with Crippen LogP contribution in [0, 0.1) is 0 Å². The van der Waals surface area contributed by atoms with Crippen molar-refractivity contribution in [3.05, 3.63) is 71.1 Å². The minimum absolute atomic E-state index is 0.0660. The second-order valence-corrected chi connectivity index (χ2v) is 6.41. The van der Waals surface area contributed by atoms with E-state index in [2.05, 4.69) is 5.73 Å². The van der Waals surface area contributed by atoms with Crippen molar-refractivity contribution in [3.8, 4) is 0 Å². The van der Waals surface area contributed by atoms with Gasteiger partial charge in [-0.3, -0.25) is 9.69 Å². The first-order chi connectivity index (χ1) is 10.7. The molecule has 2 aromatic carbocycles. The lowest BCUT2D eigenvalue weighted by Gasteiger charge is -2.14. The van der Waals surface area contributed by atoms with Crippen LogP contribution in [0.1, 0.15) is 5.56 Å². The summed E-state index contributed by atoms with van der Waals surface area (Å²) in [4.78, 5) is 15.1. The molecule has 0 spiro atoms. The van der Waals surface area contributed by atoms with Gasteiger partial charge in [-0.25, -0.2) is 0 Å². The fourth-order valence-electron chi connectivity index (χ4n) is 2.38. The van der Waals surface area contributed by atoms with Gasteiger partial charge in [0, 0.05) is 5.57 Å². The molecule has 5 heteroatoms. The lowest BCUT2D eigenvalue weighted by Crippen LogP contribution is -2.51. The van der Waals surface area contributed by atoms with Crippen molar-refractivity contribution in [1.82, 2.24) is 0 Å². The highest BCUT2D eigenvalue weighted by atomic mass is 32.2. The monoisotopic (exact) mass is 327 g/mol. The maximum Gasteiger partial charge on any atom is 0.271 e. The number of thioether (sulfide) groups is 1. The molecule has 1 amide bonds. The molecule has 1 aliphatic rings. The largest absolute Gasteiger partial charge is 0.354 e. The summed E-state index contributed by atoms with van der Waals surface area (Å²) in [5, 5.41) is 0. The maximum atomic E-state index is 12.8. The van der Waals surface area contributed by atoms with E-state index in [4.69, 9.17) is 12.2 Å². The number of carbonyl (C=O) groups is 1. The highest BCUT2D eigenvalue weighted by Gasteiger charge is 2.35. The standard InChI is InChI=1S/C17H14N2OS2/c18-11-14(12-7-3-1-4-8-12)15-16(20)19(17(21)22-15)13-9-5-2-6-10-13/h1-10H,11,18H2/p+1/b15-14-. The van der Waals surface area contributed by atoms with Crippen molar-refractivity contribution in [2.24, 2.45) is 0 Å². The number of thiocarbonyl (C=S) groups is 1. The van der Waals surface area contributed by atoms with E-state index in [0.717, 1.165) is 16.8 Å². The number of carbonyl (C=O) groups excluding carboxylic acids is 1. The van der Waals surface area contributed by atoms with Crippen molar-refractivity contribution >= 4 is 45.5 Å². The Morgan fingerprint density at radius 1 is 1.05 bits per heavy atom. The van der Waals surface area contributed by atoms with Crippen LogP contribution in [0.2, 0.25) is 0 Å². The Labute approximate surface area is 138 Å². The molecule has 3 nitrogen and oxygen atoms in total. The summed E-state index contributed by atoms with van der Waals surface area (Å²) in [5.41, 5.74) is 6.74. The first-order valence-electron chi connectivity index (χ1n) is 6.91. The van der Waals surface area contributed by atoms with Crippen molar-refractivity contribution in [2.75, 3.05) is 11.4 Å². The minimum atomic E-state index is -0.0660. The van der Waals surface area contributed by atoms with E-state index >= 15 is 0 Å². The molecule has 0 aromatic heterocycles. The molecular weight excluding hydrogens is 312 g/mol. The molecule has 1 saturated heterocycles. The highest BCUT2D eigenvalue weighted by Crippen LogP contribution is 2.38. The van der Waals surface area contributed by atoms with Gasteiger partial charge in [0.25, 0.3) is 5.91 Å². The summed E-state index contributed by atoms with van der Waals surface area (Å²) in [7, 11) is 0. The third-order valence-corrected chi connectivity index (χ3v) is 4.84. The summed E-state index contributed by atoms with van der Waals surface area (Å²) in [5.74, 6) is -0.0660. The van der Waals surface area contributed by atoms with Gasteiger partial charge in [-0.05, 0) is 17.7 Å². The molecule has 0 radical (unpaired) electrons. The van der Waals surface area contributed by atoms with Crippen LogP contribution in [0.15, 0.2) is 65.6 Å². The van der Waals surface area contributed by atoms with Crippen LogP contribution in [0.4, 0.5) is 5.69 Å². The van der Waals surface area contributed by atoms with Gasteiger partial charge in [-0.2, -0.15) is 0 Å². The molecule has 110 valence electrons. The number of rotatable bonds is 3. The van der Waals surface area contributed by atoms with E-state index in [1.54, 1.807) is 4.90 Å². The predicted molar refractivity (Wildman–Crippen MR) is 95.2 cm³/mol. The van der Waals surface area contributed by atoms with Gasteiger partial charge >= 0.3 is 0 Å². The lowest BCUT2D eigenvalue weighted by molar-refractivity contribution is -0.349. The number of benzene rings is 2. The minimum Gasteiger partial charge on any atom is -0.354 e. The summed E-state index contributed by atoms with van der Waals surface area (Å²) >= 11 is 6.76. The molecule has 3 rings (SSSR count). The van der Waals surface area contributed by atoms with Gasteiger partial charge < -0.3 is 5.73 Å². The Bertz CT molecular complexity index is 742. The zero-order valence-corrected chi connectivity index (χ0v) is 13.5. The van der Waals surface area contributed by atoms with E-state index in [1.807, 2.05) is 60.7 Å². The lowest BCUT2D eigenvalue weighted by atomic mass is 10.1. The van der Waals surface area contributed by atoms with Gasteiger partial charge in [-0.1, -0.05) is 72.5 Å². The SMILES string of the molecule is [NH3+]C/C(=C1/SC(=S)N(c2ccccc2)C1=O)c1ccccc1. The van der Waals surface area contributed by atoms with Crippen LogP contribution in [-0.2, 0) is 4.79 Å². The van der Waals surface area contributed by atoms with Gasteiger partial charge in [0.1, 0.15) is 6.54 Å². The Morgan fingerprint density at radius 2 is 1.64 bits per heavy atom. The Kier molecular flexibility index (Phi) is 4.38. The molecule has 0 bridgehead atoms. The third kappa shape index (κ3) is 2.70. The normalized spacial score (nSPS) is 17.0. The average molecular weight is 327 g/mol. The van der Waals surface area contributed by atoms with Crippen LogP contribution in [0.3, 0.4) is 0 Å². The number of anilines is 1. The van der Waals surface area contributed by atoms with Crippen LogP contribution in [0.5, 0.6) is 0 Å². The van der Waals surface area contributed by atoms with E-state index in [-0.39, 0.29) is 5.91 Å². The first kappa shape index (κ1) is 15.0. The van der Waals surface area contributed by atoms with Gasteiger partial charge in [0.05, 0.1) is 10.6 Å². The molecule has 22 heavy (non-hydrogen) atoms. The number of amides is 1. The van der Waals surface area contributed by atoms with Crippen molar-refractivity contribution in [1.29, 1.82) is 0 Å². The second kappa shape index (κ2) is 6.44. The van der Waals surface area contributed by atoms with Crippen LogP contribution in [-0.4, -0.2) is 16.8 Å². The van der Waals surface area contributed by atoms with Crippen molar-refractivity contribution in [3.63, 3.8) is 0 Å². The molecule has 0 aliphatic carbocycles. The van der Waals surface area contributed by atoms with Crippen LogP contribution in [0.25, 0.3) is 5.57 Å². The van der Waals surface area contributed by atoms with E-state index in [0.29, 0.717) is 15.8 Å². The molecular formula is C17H15N2OS2+. The van der Waals surface area contributed by atoms with E-state index in [9.17, 15) is 4.79 Å². The summed E-state index contributed by atoms with van der Waals surface area (Å²) in [6.45, 7) is 0.545. The second-order valence-electron chi connectivity index (χ2n) is 4.77. The maximum absolute atomic E-state index is 12.8. The smallest absolute Gasteiger partial charge is 0.271 e. The summed E-state index contributed by atoms with van der Waals surface area (Å²) in [6, 6.07) is 19.4. The predicted octanol–water partition coefficient (Wildman–Crippen LogP) is 2.70. The molecule has 1 aliphatic heterocycles. The Balaban J connectivity index is 2.05. The topological polar surface area (TPSA) is 48.0 Å². The molecule has 1 heterocycles. The number of hydrogen-bond acceptors (Lipinski definition) is 3. The molecule has 0 atom stereocenters. The Morgan fingerprint density at radius 3 is 2.23 bits per heavy atom. The molecule has 0 unspecified atom stereocenters. The molecule has 2 aromatic rings. The number of hydrogen-bond donors (Lipinski definition) is 1. The van der Waals surface area contributed by atoms with Gasteiger partial charge in [0.2, 0.25) is 0 Å². The van der Waals surface area contributed by atoms with Gasteiger partial charge in [-0.15, -0.1) is 0 Å². The quantitative estimate of drug-likeness (QED) is 0.696. The fraction of sp³-hybridized carbons (Fsp3) is 0.0588. The fourth-order valence-corrected chi connectivity index (χ4v) is 3.79. The molecule has 3 N–H and O–H groups in total. The average Bonchev–Trinajstić information content (AvgIpc) is 2.85. The van der Waals surface area contributed by atoms with E-state index < -0.39 is 0 Å². The van der Waals surface area contributed by atoms with Crippen LogP contribution < -0.4 is 10.6 Å². The third-order valence-electron chi connectivity index (χ3n) is 3.43. The van der Waals surface area contributed by atoms with Gasteiger partial charge in [0.15, 0.2) is 4.32 Å². The zero-order chi connectivity index (χ0) is 15.5. The van der Waals surface area contributed by atoms with Crippen LogP contribution >= 0.6 is 24.0 Å². The van der Waals surface area contributed by atoms with E-state index in [1.165, 1.54) is 11.8 Å². The number of para-hydroxylation sites is 1. The number of quaternary nitrogens is 1. The highest BCUT2D eigenvalue weighted by molar-refractivity contribution is 8.27. The van der Waals surface area contributed by atoms with Crippen molar-refractivity contribution in [2.45, 2.75) is 0 Å². The Hall–Kier alpha value is -1.95. The summed E-state index contributed by atoms with van der Waals surface area (Å²) < 4.78 is 0.563. The number of nitrogens with zero attached hydrogens (tertiary/aromatic N) is 1.